The molecule has 0 aliphatic heterocycles. The zero-order chi connectivity index (χ0) is 36.7. The minimum atomic E-state index is 0.811. The highest BCUT2D eigenvalue weighted by atomic mass is 15.1. The summed E-state index contributed by atoms with van der Waals surface area (Å²) < 4.78 is 4.78. The van der Waals surface area contributed by atoms with Crippen LogP contribution in [0.4, 0.5) is 0 Å². The zero-order valence-electron chi connectivity index (χ0n) is 30.3. The third-order valence-electron chi connectivity index (χ3n) is 11.5. The van der Waals surface area contributed by atoms with E-state index in [1.54, 1.807) is 0 Å². The number of rotatable bonds is 4. The van der Waals surface area contributed by atoms with Crippen LogP contribution in [-0.4, -0.2) is 19.1 Å². The normalized spacial score (nSPS) is 11.9. The third kappa shape index (κ3) is 4.47. The number of para-hydroxylation sites is 4. The summed E-state index contributed by atoms with van der Waals surface area (Å²) in [7, 11) is 0. The van der Waals surface area contributed by atoms with Gasteiger partial charge < -0.3 is 4.57 Å². The Labute approximate surface area is 322 Å². The minimum absolute atomic E-state index is 0.811. The van der Waals surface area contributed by atoms with Gasteiger partial charge >= 0.3 is 0 Å². The van der Waals surface area contributed by atoms with Crippen LogP contribution in [0.1, 0.15) is 0 Å². The number of benzene rings is 9. The van der Waals surface area contributed by atoms with Gasteiger partial charge in [0.15, 0.2) is 5.82 Å². The molecule has 0 unspecified atom stereocenters. The average Bonchev–Trinajstić information content (AvgIpc) is 3.80. The maximum Gasteiger partial charge on any atom is 0.165 e. The van der Waals surface area contributed by atoms with E-state index in [1.807, 2.05) is 12.1 Å². The van der Waals surface area contributed by atoms with Gasteiger partial charge in [-0.15, -0.1) is 0 Å². The lowest BCUT2D eigenvalue weighted by atomic mass is 9.95. The second-order valence-electron chi connectivity index (χ2n) is 14.6. The van der Waals surface area contributed by atoms with Crippen LogP contribution < -0.4 is 0 Å². The monoisotopic (exact) mass is 712 g/mol. The molecule has 0 spiro atoms. The second-order valence-corrected chi connectivity index (χ2v) is 14.6. The molecule has 0 atom stereocenters. The highest BCUT2D eigenvalue weighted by Gasteiger charge is 2.24. The van der Waals surface area contributed by atoms with Gasteiger partial charge in [0.1, 0.15) is 5.69 Å². The van der Waals surface area contributed by atoms with Crippen molar-refractivity contribution in [2.45, 2.75) is 0 Å². The molecule has 4 nitrogen and oxygen atoms in total. The van der Waals surface area contributed by atoms with Crippen LogP contribution in [0.25, 0.3) is 110 Å². The van der Waals surface area contributed by atoms with Crippen molar-refractivity contribution >= 4 is 76.2 Å². The summed E-state index contributed by atoms with van der Waals surface area (Å²) in [5.41, 5.74) is 11.7. The van der Waals surface area contributed by atoms with E-state index in [0.29, 0.717) is 0 Å². The Kier molecular flexibility index (Phi) is 6.60. The van der Waals surface area contributed by atoms with Gasteiger partial charge in [-0.3, -0.25) is 4.57 Å². The highest BCUT2D eigenvalue weighted by molar-refractivity contribution is 6.25. The maximum atomic E-state index is 5.51. The molecule has 0 fully saturated rings. The molecule has 0 aliphatic rings. The zero-order valence-corrected chi connectivity index (χ0v) is 30.3. The van der Waals surface area contributed by atoms with E-state index in [9.17, 15) is 0 Å². The van der Waals surface area contributed by atoms with Gasteiger partial charge in [0.25, 0.3) is 0 Å². The van der Waals surface area contributed by atoms with E-state index < -0.39 is 0 Å². The molecular formula is C52H32N4. The first-order chi connectivity index (χ1) is 27.8. The molecule has 9 aromatic carbocycles. The summed E-state index contributed by atoms with van der Waals surface area (Å²) in [6.07, 6.45) is 0. The fraction of sp³-hybridized carbons (Fsp3) is 0. The Morgan fingerprint density at radius 2 is 0.946 bits per heavy atom. The summed E-state index contributed by atoms with van der Waals surface area (Å²) in [4.78, 5) is 10.9. The summed E-state index contributed by atoms with van der Waals surface area (Å²) in [5.74, 6) is 0.811. The molecule has 12 aromatic rings. The number of hydrogen-bond acceptors (Lipinski definition) is 2. The van der Waals surface area contributed by atoms with E-state index in [2.05, 4.69) is 191 Å². The fourth-order valence-electron chi connectivity index (χ4n) is 9.05. The largest absolute Gasteiger partial charge is 0.309 e. The van der Waals surface area contributed by atoms with Crippen molar-refractivity contribution in [3.05, 3.63) is 194 Å². The summed E-state index contributed by atoms with van der Waals surface area (Å²) in [5, 5.41) is 9.56. The third-order valence-corrected chi connectivity index (χ3v) is 11.5. The molecule has 3 heterocycles. The molecule has 12 rings (SSSR count). The van der Waals surface area contributed by atoms with Crippen LogP contribution in [0.3, 0.4) is 0 Å². The quantitative estimate of drug-likeness (QED) is 0.182. The predicted molar refractivity (Wildman–Crippen MR) is 234 cm³/mol. The molecule has 0 bridgehead atoms. The summed E-state index contributed by atoms with van der Waals surface area (Å²) >= 11 is 0. The number of hydrogen-bond donors (Lipinski definition) is 0. The van der Waals surface area contributed by atoms with E-state index in [0.717, 1.165) is 44.8 Å². The Balaban J connectivity index is 1.23. The van der Waals surface area contributed by atoms with E-state index in [1.165, 1.54) is 65.3 Å². The van der Waals surface area contributed by atoms with Crippen LogP contribution in [0.5, 0.6) is 0 Å². The van der Waals surface area contributed by atoms with Crippen molar-refractivity contribution in [1.82, 2.24) is 19.1 Å². The maximum absolute atomic E-state index is 5.51. The Hall–Kier alpha value is -7.56. The molecule has 4 heteroatoms. The lowest BCUT2D eigenvalue weighted by molar-refractivity contribution is 1.08. The minimum Gasteiger partial charge on any atom is -0.309 e. The number of fused-ring (bicyclic) bond motifs is 10. The van der Waals surface area contributed by atoms with Crippen LogP contribution in [0.2, 0.25) is 0 Å². The molecule has 0 saturated carbocycles. The molecule has 56 heavy (non-hydrogen) atoms. The molecule has 3 aromatic heterocycles. The molecule has 0 aliphatic carbocycles. The predicted octanol–water partition coefficient (Wildman–Crippen LogP) is 13.5. The van der Waals surface area contributed by atoms with Crippen molar-refractivity contribution in [3.8, 4) is 33.9 Å². The van der Waals surface area contributed by atoms with Crippen LogP contribution >= 0.6 is 0 Å². The molecule has 0 saturated heterocycles. The van der Waals surface area contributed by atoms with Gasteiger partial charge in [0.2, 0.25) is 0 Å². The Morgan fingerprint density at radius 3 is 1.75 bits per heavy atom. The van der Waals surface area contributed by atoms with Gasteiger partial charge in [0.05, 0.1) is 33.1 Å². The molecule has 0 amide bonds. The van der Waals surface area contributed by atoms with Crippen LogP contribution in [-0.2, 0) is 0 Å². The average molecular weight is 713 g/mol. The summed E-state index contributed by atoms with van der Waals surface area (Å²) in [6.45, 7) is 0. The first-order valence-electron chi connectivity index (χ1n) is 19.1. The van der Waals surface area contributed by atoms with Crippen molar-refractivity contribution in [3.63, 3.8) is 0 Å². The highest BCUT2D eigenvalue weighted by Crippen LogP contribution is 2.46. The van der Waals surface area contributed by atoms with Gasteiger partial charge in [-0.2, -0.15) is 0 Å². The second kappa shape index (κ2) is 12.0. The van der Waals surface area contributed by atoms with Gasteiger partial charge in [-0.1, -0.05) is 146 Å². The van der Waals surface area contributed by atoms with Crippen molar-refractivity contribution in [2.24, 2.45) is 0 Å². The van der Waals surface area contributed by atoms with E-state index >= 15 is 0 Å². The van der Waals surface area contributed by atoms with Gasteiger partial charge in [0, 0.05) is 38.2 Å². The van der Waals surface area contributed by atoms with Crippen molar-refractivity contribution in [2.75, 3.05) is 0 Å². The summed E-state index contributed by atoms with van der Waals surface area (Å²) in [6, 6.07) is 69.6. The molecule has 260 valence electrons. The van der Waals surface area contributed by atoms with Gasteiger partial charge in [-0.25, -0.2) is 9.97 Å². The Morgan fingerprint density at radius 1 is 0.357 bits per heavy atom. The lowest BCUT2D eigenvalue weighted by Gasteiger charge is -2.15. The fourth-order valence-corrected chi connectivity index (χ4v) is 9.05. The topological polar surface area (TPSA) is 35.6 Å². The Bertz CT molecular complexity index is 3540. The van der Waals surface area contributed by atoms with E-state index in [4.69, 9.17) is 9.97 Å². The molecule has 0 N–H and O–H groups in total. The van der Waals surface area contributed by atoms with Crippen LogP contribution in [0, 0.1) is 0 Å². The first-order valence-corrected chi connectivity index (χ1v) is 19.1. The first kappa shape index (κ1) is 30.9. The smallest absolute Gasteiger partial charge is 0.165 e. The number of nitrogens with zero attached hydrogens (tertiary/aromatic N) is 4. The lowest BCUT2D eigenvalue weighted by Crippen LogP contribution is -2.04. The SMILES string of the molecule is c1ccc(-n2c3ccccc3c3c(-c4cccc5c4c4ccc6ccccc6c4n5-c4nc5ccccc5nc4-c4ccc5ccccc5c4)cccc32)cc1. The molecule has 0 radical (unpaired) electrons. The molecular weight excluding hydrogens is 681 g/mol. The standard InChI is InChI=1S/C52H32N4/c1-2-17-37(18-3-1)55-45-25-11-8-20-41(45)48-39(21-12-26-46(48)55)40-22-13-27-47-49(40)42-31-30-34-15-6-7-19-38(34)51(42)56(47)52-50(53-43-23-9-10-24-44(43)54-52)36-29-28-33-14-4-5-16-35(33)32-36/h1-32H. The number of aromatic nitrogens is 4. The van der Waals surface area contributed by atoms with Crippen molar-refractivity contribution < 1.29 is 0 Å². The van der Waals surface area contributed by atoms with Gasteiger partial charge in [-0.05, 0) is 75.8 Å². The van der Waals surface area contributed by atoms with E-state index in [-0.39, 0.29) is 0 Å². The van der Waals surface area contributed by atoms with Crippen molar-refractivity contribution in [1.29, 1.82) is 0 Å². The van der Waals surface area contributed by atoms with Crippen LogP contribution in [0.15, 0.2) is 194 Å².